The molecule has 0 radical (unpaired) electrons. The van der Waals surface area contributed by atoms with Crippen LogP contribution < -0.4 is 14.8 Å². The molecule has 0 spiro atoms. The summed E-state index contributed by atoms with van der Waals surface area (Å²) in [6.45, 7) is 2.34. The molecular formula is C18H21N3O4. The monoisotopic (exact) mass is 343 g/mol. The third kappa shape index (κ3) is 4.00. The van der Waals surface area contributed by atoms with Crippen molar-refractivity contribution < 1.29 is 19.0 Å². The van der Waals surface area contributed by atoms with Gasteiger partial charge >= 0.3 is 0 Å². The van der Waals surface area contributed by atoms with Crippen molar-refractivity contribution in [2.75, 3.05) is 45.8 Å². The lowest BCUT2D eigenvalue weighted by atomic mass is 10.2. The molecule has 25 heavy (non-hydrogen) atoms. The highest BCUT2D eigenvalue weighted by atomic mass is 16.5. The van der Waals surface area contributed by atoms with E-state index in [9.17, 15) is 4.79 Å². The predicted octanol–water partition coefficient (Wildman–Crippen LogP) is 2.31. The highest BCUT2D eigenvalue weighted by Gasteiger charge is 2.19. The van der Waals surface area contributed by atoms with E-state index in [1.165, 1.54) is 0 Å². The van der Waals surface area contributed by atoms with E-state index in [-0.39, 0.29) is 5.91 Å². The second-order valence-corrected chi connectivity index (χ2v) is 5.56. The number of pyridine rings is 1. The van der Waals surface area contributed by atoms with E-state index in [0.717, 1.165) is 5.69 Å². The third-order valence-corrected chi connectivity index (χ3v) is 3.97. The smallest absolute Gasteiger partial charge is 0.255 e. The number of hydrogen-bond acceptors (Lipinski definition) is 6. The molecule has 2 heterocycles. The lowest BCUT2D eigenvalue weighted by Gasteiger charge is -2.26. The zero-order valence-corrected chi connectivity index (χ0v) is 14.3. The molecule has 0 unspecified atom stereocenters. The Kier molecular flexibility index (Phi) is 5.35. The summed E-state index contributed by atoms with van der Waals surface area (Å²) in [5.74, 6) is 1.31. The average molecular weight is 343 g/mol. The molecule has 1 fully saturated rings. The van der Waals surface area contributed by atoms with Crippen LogP contribution in [0.3, 0.4) is 0 Å². The quantitative estimate of drug-likeness (QED) is 0.898. The number of nitrogens with one attached hydrogen (secondary N) is 1. The van der Waals surface area contributed by atoms with Crippen LogP contribution in [0.25, 0.3) is 0 Å². The molecule has 3 rings (SSSR count). The second kappa shape index (κ2) is 7.85. The first-order valence-electron chi connectivity index (χ1n) is 8.02. The molecule has 1 aromatic carbocycles. The van der Waals surface area contributed by atoms with E-state index < -0.39 is 0 Å². The number of methoxy groups -OCH3 is 2. The number of nitrogens with zero attached hydrogens (tertiary/aromatic N) is 2. The molecule has 7 nitrogen and oxygen atoms in total. The van der Waals surface area contributed by atoms with Crippen molar-refractivity contribution in [3.63, 3.8) is 0 Å². The van der Waals surface area contributed by atoms with Crippen LogP contribution in [-0.2, 0) is 4.74 Å². The van der Waals surface area contributed by atoms with E-state index >= 15 is 0 Å². The zero-order chi connectivity index (χ0) is 17.6. The summed E-state index contributed by atoms with van der Waals surface area (Å²) in [5, 5.41) is 3.23. The number of carbonyl (C=O) groups excluding carboxylic acids is 1. The summed E-state index contributed by atoms with van der Waals surface area (Å²) in [5.41, 5.74) is 2.02. The van der Waals surface area contributed by atoms with E-state index in [4.69, 9.17) is 14.2 Å². The van der Waals surface area contributed by atoms with Crippen molar-refractivity contribution in [3.8, 4) is 11.5 Å². The minimum absolute atomic E-state index is 0.0406. The van der Waals surface area contributed by atoms with Crippen LogP contribution in [0.1, 0.15) is 10.4 Å². The predicted molar refractivity (Wildman–Crippen MR) is 93.8 cm³/mol. The van der Waals surface area contributed by atoms with Gasteiger partial charge in [0.15, 0.2) is 0 Å². The normalized spacial score (nSPS) is 14.1. The van der Waals surface area contributed by atoms with Gasteiger partial charge in [0.1, 0.15) is 11.5 Å². The van der Waals surface area contributed by atoms with Gasteiger partial charge in [0.2, 0.25) is 0 Å². The molecule has 1 saturated heterocycles. The van der Waals surface area contributed by atoms with Gasteiger partial charge < -0.3 is 24.4 Å². The maximum Gasteiger partial charge on any atom is 0.255 e. The van der Waals surface area contributed by atoms with Gasteiger partial charge in [-0.05, 0) is 18.2 Å². The zero-order valence-electron chi connectivity index (χ0n) is 14.3. The van der Waals surface area contributed by atoms with Crippen LogP contribution in [-0.4, -0.2) is 56.3 Å². The lowest BCUT2D eigenvalue weighted by Crippen LogP contribution is -2.40. The highest BCUT2D eigenvalue weighted by molar-refractivity contribution is 5.95. The number of benzene rings is 1. The number of anilines is 2. The van der Waals surface area contributed by atoms with Crippen molar-refractivity contribution in [1.29, 1.82) is 0 Å². The molecule has 1 aromatic heterocycles. The Morgan fingerprint density at radius 1 is 1.16 bits per heavy atom. The molecule has 132 valence electrons. The Bertz CT molecular complexity index is 745. The molecule has 7 heteroatoms. The summed E-state index contributed by atoms with van der Waals surface area (Å²) >= 11 is 0. The minimum atomic E-state index is -0.0406. The van der Waals surface area contributed by atoms with E-state index in [1.807, 2.05) is 12.1 Å². The molecule has 0 bridgehead atoms. The second-order valence-electron chi connectivity index (χ2n) is 5.56. The van der Waals surface area contributed by atoms with Crippen LogP contribution in [0, 0.1) is 0 Å². The standard InChI is InChI=1S/C18H21N3O4/c1-23-15-3-4-16(17(10-15)24-2)20-14-9-13(11-19-12-14)18(22)21-5-7-25-8-6-21/h3-4,9-12,20H,5-8H2,1-2H3. The number of aromatic nitrogens is 1. The van der Waals surface area contributed by atoms with E-state index in [1.54, 1.807) is 43.6 Å². The Morgan fingerprint density at radius 3 is 2.68 bits per heavy atom. The Balaban J connectivity index is 1.79. The molecule has 1 aliphatic heterocycles. The molecule has 0 aliphatic carbocycles. The Hall–Kier alpha value is -2.80. The first kappa shape index (κ1) is 17.0. The largest absolute Gasteiger partial charge is 0.497 e. The van der Waals surface area contributed by atoms with E-state index in [2.05, 4.69) is 10.3 Å². The summed E-state index contributed by atoms with van der Waals surface area (Å²) < 4.78 is 15.9. The van der Waals surface area contributed by atoms with Gasteiger partial charge in [-0.25, -0.2) is 0 Å². The average Bonchev–Trinajstić information content (AvgIpc) is 2.68. The van der Waals surface area contributed by atoms with Gasteiger partial charge in [-0.15, -0.1) is 0 Å². The molecule has 0 saturated carbocycles. The molecular weight excluding hydrogens is 322 g/mol. The third-order valence-electron chi connectivity index (χ3n) is 3.97. The van der Waals surface area contributed by atoms with Gasteiger partial charge in [-0.3, -0.25) is 9.78 Å². The van der Waals surface area contributed by atoms with Crippen molar-refractivity contribution in [2.24, 2.45) is 0 Å². The lowest BCUT2D eigenvalue weighted by molar-refractivity contribution is 0.0302. The van der Waals surface area contributed by atoms with Gasteiger partial charge in [-0.2, -0.15) is 0 Å². The first-order valence-corrected chi connectivity index (χ1v) is 8.02. The SMILES string of the molecule is COc1ccc(Nc2cncc(C(=O)N3CCOCC3)c2)c(OC)c1. The molecule has 1 N–H and O–H groups in total. The fraction of sp³-hybridized carbons (Fsp3) is 0.333. The summed E-state index contributed by atoms with van der Waals surface area (Å²) in [6.07, 6.45) is 3.24. The van der Waals surface area contributed by atoms with Crippen molar-refractivity contribution >= 4 is 17.3 Å². The van der Waals surface area contributed by atoms with Crippen LogP contribution in [0.15, 0.2) is 36.7 Å². The topological polar surface area (TPSA) is 72.9 Å². The number of ether oxygens (including phenoxy) is 3. The highest BCUT2D eigenvalue weighted by Crippen LogP contribution is 2.31. The molecule has 1 aliphatic rings. The first-order chi connectivity index (χ1) is 12.2. The van der Waals surface area contributed by atoms with Crippen LogP contribution in [0.5, 0.6) is 11.5 Å². The van der Waals surface area contributed by atoms with E-state index in [0.29, 0.717) is 49.1 Å². The van der Waals surface area contributed by atoms with Crippen molar-refractivity contribution in [1.82, 2.24) is 9.88 Å². The van der Waals surface area contributed by atoms with Crippen LogP contribution >= 0.6 is 0 Å². The Labute approximate surface area is 146 Å². The fourth-order valence-corrected chi connectivity index (χ4v) is 2.63. The molecule has 2 aromatic rings. The van der Waals surface area contributed by atoms with Crippen molar-refractivity contribution in [2.45, 2.75) is 0 Å². The maximum absolute atomic E-state index is 12.6. The number of carbonyl (C=O) groups is 1. The maximum atomic E-state index is 12.6. The van der Waals surface area contributed by atoms with Crippen molar-refractivity contribution in [3.05, 3.63) is 42.2 Å². The van der Waals surface area contributed by atoms with Crippen LogP contribution in [0.4, 0.5) is 11.4 Å². The molecule has 1 amide bonds. The van der Waals surface area contributed by atoms with Crippen LogP contribution in [0.2, 0.25) is 0 Å². The van der Waals surface area contributed by atoms with Gasteiger partial charge in [0.25, 0.3) is 5.91 Å². The summed E-state index contributed by atoms with van der Waals surface area (Å²) in [4.78, 5) is 18.5. The number of morpholine rings is 1. The Morgan fingerprint density at radius 2 is 1.96 bits per heavy atom. The summed E-state index contributed by atoms with van der Waals surface area (Å²) in [7, 11) is 3.20. The minimum Gasteiger partial charge on any atom is -0.497 e. The molecule has 0 atom stereocenters. The fourth-order valence-electron chi connectivity index (χ4n) is 2.63. The van der Waals surface area contributed by atoms with Gasteiger partial charge in [0, 0.05) is 25.4 Å². The number of rotatable bonds is 5. The summed E-state index contributed by atoms with van der Waals surface area (Å²) in [6, 6.07) is 7.27. The number of hydrogen-bond donors (Lipinski definition) is 1. The van der Waals surface area contributed by atoms with Gasteiger partial charge in [-0.1, -0.05) is 0 Å². The van der Waals surface area contributed by atoms with Gasteiger partial charge in [0.05, 0.1) is 50.6 Å². The number of amides is 1.